The van der Waals surface area contributed by atoms with Gasteiger partial charge in [0.25, 0.3) is 0 Å². The summed E-state index contributed by atoms with van der Waals surface area (Å²) >= 11 is 0. The third-order valence-corrected chi connectivity index (χ3v) is 4.43. The zero-order chi connectivity index (χ0) is 13.5. The molecule has 1 heteroatoms. The average Bonchev–Trinajstić information content (AvgIpc) is 2.91. The predicted molar refractivity (Wildman–Crippen MR) is 84.1 cm³/mol. The van der Waals surface area contributed by atoms with Crippen molar-refractivity contribution in [1.82, 2.24) is 0 Å². The maximum atomic E-state index is 4.10. The van der Waals surface area contributed by atoms with Crippen molar-refractivity contribution in [2.75, 3.05) is 7.05 Å². The average molecular weight is 257 g/mol. The fourth-order valence-electron chi connectivity index (χ4n) is 3.00. The van der Waals surface area contributed by atoms with Gasteiger partial charge in [-0.15, -0.1) is 0 Å². The molecule has 104 valence electrons. The van der Waals surface area contributed by atoms with Crippen molar-refractivity contribution in [3.05, 3.63) is 35.4 Å². The van der Waals surface area contributed by atoms with Gasteiger partial charge < -0.3 is 0 Å². The number of rotatable bonds is 0. The molecule has 0 atom stereocenters. The summed E-state index contributed by atoms with van der Waals surface area (Å²) in [5.74, 6) is 0.914. The van der Waals surface area contributed by atoms with Crippen LogP contribution in [0.15, 0.2) is 29.3 Å². The predicted octanol–water partition coefficient (Wildman–Crippen LogP) is 4.83. The van der Waals surface area contributed by atoms with Gasteiger partial charge in [0.15, 0.2) is 0 Å². The maximum absolute atomic E-state index is 4.10. The highest BCUT2D eigenvalue weighted by molar-refractivity contribution is 5.85. The van der Waals surface area contributed by atoms with E-state index in [1.165, 1.54) is 57.1 Å². The van der Waals surface area contributed by atoms with Crippen LogP contribution in [-0.4, -0.2) is 12.8 Å². The lowest BCUT2D eigenvalue weighted by Crippen LogP contribution is -1.92. The molecule has 2 aliphatic carbocycles. The lowest BCUT2D eigenvalue weighted by atomic mass is 10.0. The van der Waals surface area contributed by atoms with Crippen molar-refractivity contribution >= 4 is 5.71 Å². The van der Waals surface area contributed by atoms with Crippen LogP contribution in [0.5, 0.6) is 0 Å². The van der Waals surface area contributed by atoms with Gasteiger partial charge in [-0.3, -0.25) is 4.99 Å². The van der Waals surface area contributed by atoms with E-state index in [9.17, 15) is 0 Å². The number of hydrogen-bond donors (Lipinski definition) is 0. The zero-order valence-electron chi connectivity index (χ0n) is 12.5. The molecule has 0 N–H and O–H groups in total. The van der Waals surface area contributed by atoms with Gasteiger partial charge in [-0.25, -0.2) is 0 Å². The Labute approximate surface area is 118 Å². The lowest BCUT2D eigenvalue weighted by molar-refractivity contribution is 0.510. The van der Waals surface area contributed by atoms with Crippen LogP contribution in [0.25, 0.3) is 0 Å². The third kappa shape index (κ3) is 4.49. The molecule has 1 fully saturated rings. The first-order valence-corrected chi connectivity index (χ1v) is 7.81. The Hall–Kier alpha value is -1.11. The second-order valence-electron chi connectivity index (χ2n) is 5.95. The van der Waals surface area contributed by atoms with Crippen LogP contribution < -0.4 is 0 Å². The van der Waals surface area contributed by atoms with E-state index in [-0.39, 0.29) is 0 Å². The zero-order valence-corrected chi connectivity index (χ0v) is 12.5. The molecule has 0 aliphatic heterocycles. The molecular weight excluding hydrogens is 230 g/mol. The molecule has 0 bridgehead atoms. The van der Waals surface area contributed by atoms with Gasteiger partial charge in [0.2, 0.25) is 0 Å². The number of nitrogens with zero attached hydrogens (tertiary/aromatic N) is 1. The Morgan fingerprint density at radius 3 is 1.84 bits per heavy atom. The van der Waals surface area contributed by atoms with Crippen LogP contribution in [-0.2, 0) is 12.8 Å². The topological polar surface area (TPSA) is 12.4 Å². The summed E-state index contributed by atoms with van der Waals surface area (Å²) in [4.78, 5) is 4.10. The summed E-state index contributed by atoms with van der Waals surface area (Å²) in [5, 5.41) is 0. The fourth-order valence-corrected chi connectivity index (χ4v) is 3.00. The molecule has 0 amide bonds. The van der Waals surface area contributed by atoms with Crippen LogP contribution in [0.2, 0.25) is 0 Å². The third-order valence-electron chi connectivity index (χ3n) is 4.43. The molecule has 1 aromatic rings. The fraction of sp³-hybridized carbons (Fsp3) is 0.611. The van der Waals surface area contributed by atoms with Crippen molar-refractivity contribution in [3.8, 4) is 0 Å². The first-order chi connectivity index (χ1) is 9.29. The summed E-state index contributed by atoms with van der Waals surface area (Å²) in [6, 6.07) is 8.89. The van der Waals surface area contributed by atoms with E-state index in [1.54, 1.807) is 11.1 Å². The molecule has 1 saturated carbocycles. The largest absolute Gasteiger partial charge is 0.297 e. The van der Waals surface area contributed by atoms with Crippen molar-refractivity contribution < 1.29 is 0 Å². The highest BCUT2D eigenvalue weighted by atomic mass is 14.7. The molecule has 0 radical (unpaired) electrons. The van der Waals surface area contributed by atoms with Crippen molar-refractivity contribution in [1.29, 1.82) is 0 Å². The van der Waals surface area contributed by atoms with Crippen LogP contribution in [0.1, 0.15) is 56.6 Å². The van der Waals surface area contributed by atoms with E-state index >= 15 is 0 Å². The van der Waals surface area contributed by atoms with Crippen LogP contribution in [0.3, 0.4) is 0 Å². The van der Waals surface area contributed by atoms with Gasteiger partial charge in [-0.05, 0) is 68.4 Å². The molecule has 0 aromatic heterocycles. The van der Waals surface area contributed by atoms with Gasteiger partial charge in [0.1, 0.15) is 0 Å². The Bertz CT molecular complexity index is 384. The first kappa shape index (κ1) is 14.3. The minimum atomic E-state index is 0.914. The first-order valence-electron chi connectivity index (χ1n) is 7.81. The van der Waals surface area contributed by atoms with Crippen molar-refractivity contribution in [3.63, 3.8) is 0 Å². The minimum absolute atomic E-state index is 0.914. The minimum Gasteiger partial charge on any atom is -0.297 e. The van der Waals surface area contributed by atoms with Crippen LogP contribution in [0.4, 0.5) is 0 Å². The highest BCUT2D eigenvalue weighted by Crippen LogP contribution is 2.23. The van der Waals surface area contributed by atoms with E-state index in [4.69, 9.17) is 0 Å². The SMILES string of the molecule is CC1CCc2ccccc2CC1.CN=C1CCCC1. The Kier molecular flexibility index (Phi) is 5.62. The second kappa shape index (κ2) is 7.47. The normalized spacial score (nSPS) is 19.2. The standard InChI is InChI=1S/C12H16.C6H11N/c1-10-6-8-11-4-2-3-5-12(11)9-7-10;1-7-6-4-2-3-5-6/h2-5,10H,6-9H2,1H3;2-5H2,1H3. The molecule has 0 heterocycles. The summed E-state index contributed by atoms with van der Waals surface area (Å²) < 4.78 is 0. The van der Waals surface area contributed by atoms with Crippen LogP contribution >= 0.6 is 0 Å². The number of aliphatic imine (C=N–C) groups is 1. The number of aryl methyl sites for hydroxylation is 2. The summed E-state index contributed by atoms with van der Waals surface area (Å²) in [6.45, 7) is 2.37. The van der Waals surface area contributed by atoms with E-state index in [0.717, 1.165) is 5.92 Å². The molecule has 0 unspecified atom stereocenters. The van der Waals surface area contributed by atoms with E-state index in [1.807, 2.05) is 7.05 Å². The highest BCUT2D eigenvalue weighted by Gasteiger charge is 2.11. The molecule has 0 saturated heterocycles. The Morgan fingerprint density at radius 2 is 1.42 bits per heavy atom. The van der Waals surface area contributed by atoms with Gasteiger partial charge in [-0.2, -0.15) is 0 Å². The summed E-state index contributed by atoms with van der Waals surface area (Å²) in [6.07, 6.45) is 10.6. The molecule has 19 heavy (non-hydrogen) atoms. The quantitative estimate of drug-likeness (QED) is 0.590. The monoisotopic (exact) mass is 257 g/mol. The maximum Gasteiger partial charge on any atom is 0.0276 e. The lowest BCUT2D eigenvalue weighted by Gasteiger charge is -2.03. The smallest absolute Gasteiger partial charge is 0.0276 e. The second-order valence-corrected chi connectivity index (χ2v) is 5.95. The number of fused-ring (bicyclic) bond motifs is 1. The molecule has 1 aromatic carbocycles. The molecule has 3 rings (SSSR count). The molecule has 2 aliphatic rings. The van der Waals surface area contributed by atoms with Crippen LogP contribution in [0, 0.1) is 5.92 Å². The number of hydrogen-bond acceptors (Lipinski definition) is 1. The summed E-state index contributed by atoms with van der Waals surface area (Å²) in [5.41, 5.74) is 4.59. The van der Waals surface area contributed by atoms with E-state index < -0.39 is 0 Å². The number of benzene rings is 1. The molecular formula is C18H27N. The van der Waals surface area contributed by atoms with Gasteiger partial charge in [0.05, 0.1) is 0 Å². The summed E-state index contributed by atoms with van der Waals surface area (Å²) in [7, 11) is 1.89. The van der Waals surface area contributed by atoms with Crippen molar-refractivity contribution in [2.45, 2.75) is 58.3 Å². The van der Waals surface area contributed by atoms with E-state index in [2.05, 4.69) is 36.2 Å². The molecule has 0 spiro atoms. The Balaban J connectivity index is 0.000000163. The van der Waals surface area contributed by atoms with Gasteiger partial charge >= 0.3 is 0 Å². The molecule has 1 nitrogen and oxygen atoms in total. The van der Waals surface area contributed by atoms with Gasteiger partial charge in [-0.1, -0.05) is 31.2 Å². The van der Waals surface area contributed by atoms with Gasteiger partial charge in [0, 0.05) is 12.8 Å². The van der Waals surface area contributed by atoms with E-state index in [0.29, 0.717) is 0 Å². The Morgan fingerprint density at radius 1 is 0.895 bits per heavy atom. The van der Waals surface area contributed by atoms with Crippen molar-refractivity contribution in [2.24, 2.45) is 10.9 Å².